The van der Waals surface area contributed by atoms with Crippen molar-refractivity contribution in [3.63, 3.8) is 0 Å². The third kappa shape index (κ3) is 2.31. The quantitative estimate of drug-likeness (QED) is 0.838. The molecule has 4 aliphatic rings. The third-order valence-electron chi connectivity index (χ3n) is 6.52. The number of nitrogen functional groups attached to an aromatic ring is 1. The standard InChI is InChI=1S/C19H26N2O/c1-12(21-18(22)16-2-4-17(20)5-3-16)19-9-13-6-14(10-19)8-15(7-13)11-19/h2-5,12-15H,6-11,20H2,1H3,(H,21,22)/t12-,13?,14?,15?,19?/m0/s1. The molecule has 0 unspecified atom stereocenters. The second-order valence-electron chi connectivity index (χ2n) is 8.10. The van der Waals surface area contributed by atoms with E-state index in [1.807, 2.05) is 12.1 Å². The molecule has 1 atom stereocenters. The lowest BCUT2D eigenvalue weighted by atomic mass is 9.48. The molecule has 0 heterocycles. The molecule has 22 heavy (non-hydrogen) atoms. The SMILES string of the molecule is C[C@H](NC(=O)c1ccc(N)cc1)C12CC3CC(CC(C3)C1)C2. The summed E-state index contributed by atoms with van der Waals surface area (Å²) in [6.07, 6.45) is 8.29. The molecule has 5 rings (SSSR count). The van der Waals surface area contributed by atoms with Gasteiger partial charge < -0.3 is 11.1 Å². The fourth-order valence-electron chi connectivity index (χ4n) is 5.78. The predicted octanol–water partition coefficient (Wildman–Crippen LogP) is 3.60. The summed E-state index contributed by atoms with van der Waals surface area (Å²) in [7, 11) is 0. The predicted molar refractivity (Wildman–Crippen MR) is 88.4 cm³/mol. The molecule has 3 N–H and O–H groups in total. The van der Waals surface area contributed by atoms with Crippen molar-refractivity contribution in [2.75, 3.05) is 5.73 Å². The summed E-state index contributed by atoms with van der Waals surface area (Å²) in [6, 6.07) is 7.49. The van der Waals surface area contributed by atoms with Crippen LogP contribution in [0.3, 0.4) is 0 Å². The molecule has 4 saturated carbocycles. The van der Waals surface area contributed by atoms with Crippen LogP contribution in [0, 0.1) is 23.2 Å². The van der Waals surface area contributed by atoms with Gasteiger partial charge in [0.2, 0.25) is 0 Å². The molecule has 0 saturated heterocycles. The van der Waals surface area contributed by atoms with Gasteiger partial charge in [0.05, 0.1) is 0 Å². The fraction of sp³-hybridized carbons (Fsp3) is 0.632. The van der Waals surface area contributed by atoms with E-state index in [1.165, 1.54) is 38.5 Å². The number of carbonyl (C=O) groups excluding carboxylic acids is 1. The summed E-state index contributed by atoms with van der Waals surface area (Å²) in [4.78, 5) is 12.5. The lowest BCUT2D eigenvalue weighted by Gasteiger charge is -2.59. The molecule has 0 aliphatic heterocycles. The molecule has 4 aliphatic carbocycles. The molecule has 4 fully saturated rings. The van der Waals surface area contributed by atoms with Crippen LogP contribution in [0.25, 0.3) is 0 Å². The maximum absolute atomic E-state index is 12.5. The molecular weight excluding hydrogens is 272 g/mol. The van der Waals surface area contributed by atoms with Crippen molar-refractivity contribution in [2.45, 2.75) is 51.5 Å². The highest BCUT2D eigenvalue weighted by Crippen LogP contribution is 2.61. The highest BCUT2D eigenvalue weighted by atomic mass is 16.1. The Bertz CT molecular complexity index is 542. The summed E-state index contributed by atoms with van der Waals surface area (Å²) in [5.41, 5.74) is 7.47. The van der Waals surface area contributed by atoms with Crippen LogP contribution in [0.5, 0.6) is 0 Å². The minimum absolute atomic E-state index is 0.0447. The fourth-order valence-corrected chi connectivity index (χ4v) is 5.78. The van der Waals surface area contributed by atoms with Crippen molar-refractivity contribution in [3.8, 4) is 0 Å². The number of rotatable bonds is 3. The van der Waals surface area contributed by atoms with E-state index in [4.69, 9.17) is 5.73 Å². The number of hydrogen-bond acceptors (Lipinski definition) is 2. The molecule has 0 spiro atoms. The van der Waals surface area contributed by atoms with Crippen LogP contribution >= 0.6 is 0 Å². The zero-order valence-corrected chi connectivity index (χ0v) is 13.3. The maximum atomic E-state index is 12.5. The van der Waals surface area contributed by atoms with Gasteiger partial charge in [-0.3, -0.25) is 4.79 Å². The van der Waals surface area contributed by atoms with Gasteiger partial charge >= 0.3 is 0 Å². The highest BCUT2D eigenvalue weighted by molar-refractivity contribution is 5.94. The van der Waals surface area contributed by atoms with Crippen molar-refractivity contribution in [2.24, 2.45) is 23.2 Å². The highest BCUT2D eigenvalue weighted by Gasteiger charge is 2.53. The molecular formula is C19H26N2O. The Kier molecular flexibility index (Phi) is 3.21. The zero-order valence-electron chi connectivity index (χ0n) is 13.3. The molecule has 3 heteroatoms. The van der Waals surface area contributed by atoms with Crippen LogP contribution in [-0.4, -0.2) is 11.9 Å². The number of hydrogen-bond donors (Lipinski definition) is 2. The van der Waals surface area contributed by atoms with Gasteiger partial charge in [0.15, 0.2) is 0 Å². The van der Waals surface area contributed by atoms with Crippen molar-refractivity contribution in [1.29, 1.82) is 0 Å². The Hall–Kier alpha value is -1.51. The van der Waals surface area contributed by atoms with Gasteiger partial charge in [-0.15, -0.1) is 0 Å². The topological polar surface area (TPSA) is 55.1 Å². The third-order valence-corrected chi connectivity index (χ3v) is 6.52. The Morgan fingerprint density at radius 1 is 1.09 bits per heavy atom. The monoisotopic (exact) mass is 298 g/mol. The minimum atomic E-state index is 0.0447. The maximum Gasteiger partial charge on any atom is 0.251 e. The van der Waals surface area contributed by atoms with Crippen LogP contribution in [0.2, 0.25) is 0 Å². The molecule has 1 amide bonds. The normalized spacial score (nSPS) is 37.0. The van der Waals surface area contributed by atoms with Crippen molar-refractivity contribution >= 4 is 11.6 Å². The Morgan fingerprint density at radius 3 is 2.09 bits per heavy atom. The second kappa shape index (κ2) is 5.00. The van der Waals surface area contributed by atoms with Gasteiger partial charge in [0, 0.05) is 17.3 Å². The molecule has 1 aromatic rings. The van der Waals surface area contributed by atoms with Gasteiger partial charge in [-0.25, -0.2) is 0 Å². The van der Waals surface area contributed by atoms with E-state index in [1.54, 1.807) is 12.1 Å². The van der Waals surface area contributed by atoms with E-state index in [0.29, 0.717) is 16.7 Å². The van der Waals surface area contributed by atoms with Crippen LogP contribution in [-0.2, 0) is 0 Å². The zero-order chi connectivity index (χ0) is 15.3. The van der Waals surface area contributed by atoms with E-state index in [-0.39, 0.29) is 11.9 Å². The van der Waals surface area contributed by atoms with E-state index >= 15 is 0 Å². The largest absolute Gasteiger partial charge is 0.399 e. The molecule has 118 valence electrons. The first-order valence-electron chi connectivity index (χ1n) is 8.70. The average Bonchev–Trinajstić information content (AvgIpc) is 2.46. The number of nitrogens with one attached hydrogen (secondary N) is 1. The van der Waals surface area contributed by atoms with Gasteiger partial charge in [-0.05, 0) is 92.9 Å². The van der Waals surface area contributed by atoms with Crippen LogP contribution < -0.4 is 11.1 Å². The smallest absolute Gasteiger partial charge is 0.251 e. The Labute approximate surface area is 132 Å². The Morgan fingerprint density at radius 2 is 1.59 bits per heavy atom. The van der Waals surface area contributed by atoms with Crippen molar-refractivity contribution in [3.05, 3.63) is 29.8 Å². The van der Waals surface area contributed by atoms with E-state index in [9.17, 15) is 4.79 Å². The first kappa shape index (κ1) is 14.1. The summed E-state index contributed by atoms with van der Waals surface area (Å²) in [6.45, 7) is 2.22. The number of nitrogens with two attached hydrogens (primary N) is 1. The van der Waals surface area contributed by atoms with Gasteiger partial charge in [-0.2, -0.15) is 0 Å². The number of amides is 1. The first-order valence-corrected chi connectivity index (χ1v) is 8.70. The molecule has 1 aromatic carbocycles. The van der Waals surface area contributed by atoms with E-state index in [0.717, 1.165) is 17.8 Å². The molecule has 3 nitrogen and oxygen atoms in total. The lowest BCUT2D eigenvalue weighted by Crippen LogP contribution is -2.55. The van der Waals surface area contributed by atoms with E-state index < -0.39 is 0 Å². The summed E-state index contributed by atoms with van der Waals surface area (Å²) in [5, 5.41) is 3.29. The van der Waals surface area contributed by atoms with Crippen molar-refractivity contribution in [1.82, 2.24) is 5.32 Å². The number of carbonyl (C=O) groups is 1. The van der Waals surface area contributed by atoms with Gasteiger partial charge in [-0.1, -0.05) is 0 Å². The second-order valence-corrected chi connectivity index (χ2v) is 8.10. The van der Waals surface area contributed by atoms with Crippen LogP contribution in [0.4, 0.5) is 5.69 Å². The first-order chi connectivity index (χ1) is 10.5. The number of benzene rings is 1. The van der Waals surface area contributed by atoms with Crippen LogP contribution in [0.1, 0.15) is 55.8 Å². The van der Waals surface area contributed by atoms with Crippen molar-refractivity contribution < 1.29 is 4.79 Å². The van der Waals surface area contributed by atoms with Gasteiger partial charge in [0.25, 0.3) is 5.91 Å². The van der Waals surface area contributed by atoms with E-state index in [2.05, 4.69) is 12.2 Å². The number of anilines is 1. The van der Waals surface area contributed by atoms with Crippen LogP contribution in [0.15, 0.2) is 24.3 Å². The summed E-state index contributed by atoms with van der Waals surface area (Å²) >= 11 is 0. The molecule has 0 aromatic heterocycles. The Balaban J connectivity index is 1.49. The minimum Gasteiger partial charge on any atom is -0.399 e. The molecule has 0 radical (unpaired) electrons. The average molecular weight is 298 g/mol. The molecule has 4 bridgehead atoms. The van der Waals surface area contributed by atoms with Gasteiger partial charge in [0.1, 0.15) is 0 Å². The lowest BCUT2D eigenvalue weighted by molar-refractivity contribution is -0.0688. The summed E-state index contributed by atoms with van der Waals surface area (Å²) in [5.74, 6) is 2.80. The summed E-state index contributed by atoms with van der Waals surface area (Å²) < 4.78 is 0.